The minimum atomic E-state index is -0.463. The number of rotatable bonds is 2. The van der Waals surface area contributed by atoms with Gasteiger partial charge in [-0.25, -0.2) is 0 Å². The van der Waals surface area contributed by atoms with Crippen molar-refractivity contribution < 1.29 is 4.79 Å². The van der Waals surface area contributed by atoms with Crippen LogP contribution in [0, 0.1) is 5.92 Å². The third kappa shape index (κ3) is 2.21. The molecule has 0 aliphatic carbocycles. The summed E-state index contributed by atoms with van der Waals surface area (Å²) >= 11 is 1.55. The van der Waals surface area contributed by atoms with Gasteiger partial charge >= 0.3 is 0 Å². The second-order valence-electron chi connectivity index (χ2n) is 4.17. The highest BCUT2D eigenvalue weighted by molar-refractivity contribution is 7.10. The minimum absolute atomic E-state index is 0.0711. The molecule has 0 aromatic carbocycles. The summed E-state index contributed by atoms with van der Waals surface area (Å²) < 4.78 is 0. The van der Waals surface area contributed by atoms with Crippen molar-refractivity contribution in [1.82, 2.24) is 4.90 Å². The van der Waals surface area contributed by atoms with Gasteiger partial charge in [0.2, 0.25) is 5.91 Å². The van der Waals surface area contributed by atoms with Crippen molar-refractivity contribution in [3.8, 4) is 0 Å². The van der Waals surface area contributed by atoms with E-state index in [1.54, 1.807) is 11.3 Å². The average Bonchev–Trinajstić information content (AvgIpc) is 2.85. The van der Waals surface area contributed by atoms with E-state index in [-0.39, 0.29) is 5.91 Å². The van der Waals surface area contributed by atoms with Crippen LogP contribution in [0.5, 0.6) is 0 Å². The van der Waals surface area contributed by atoms with Crippen molar-refractivity contribution in [1.29, 1.82) is 0 Å². The Morgan fingerprint density at radius 1 is 1.73 bits per heavy atom. The first-order valence-corrected chi connectivity index (χ1v) is 6.14. The highest BCUT2D eigenvalue weighted by atomic mass is 32.1. The number of nitrogens with two attached hydrogens (primary N) is 1. The van der Waals surface area contributed by atoms with Gasteiger partial charge in [-0.15, -0.1) is 11.3 Å². The molecule has 1 aliphatic heterocycles. The maximum absolute atomic E-state index is 12.0. The number of hydrogen-bond acceptors (Lipinski definition) is 3. The second kappa shape index (κ2) is 4.33. The Bertz CT molecular complexity index is 336. The van der Waals surface area contributed by atoms with E-state index in [0.717, 1.165) is 24.4 Å². The zero-order valence-corrected chi connectivity index (χ0v) is 9.67. The zero-order valence-electron chi connectivity index (χ0n) is 8.85. The SMILES string of the molecule is CC1CCN(C(=O)C(N)c2cccs2)C1. The fraction of sp³-hybridized carbons (Fsp3) is 0.545. The molecule has 0 saturated carbocycles. The summed E-state index contributed by atoms with van der Waals surface area (Å²) in [6.07, 6.45) is 1.10. The van der Waals surface area contributed by atoms with Crippen LogP contribution in [0.15, 0.2) is 17.5 Å². The number of likely N-dealkylation sites (tertiary alicyclic amines) is 1. The van der Waals surface area contributed by atoms with Crippen LogP contribution in [0.3, 0.4) is 0 Å². The Morgan fingerprint density at radius 2 is 2.53 bits per heavy atom. The molecular weight excluding hydrogens is 208 g/mol. The first-order chi connectivity index (χ1) is 7.18. The molecule has 2 unspecified atom stereocenters. The molecule has 15 heavy (non-hydrogen) atoms. The molecule has 2 rings (SSSR count). The fourth-order valence-corrected chi connectivity index (χ4v) is 2.64. The molecule has 0 radical (unpaired) electrons. The quantitative estimate of drug-likeness (QED) is 0.829. The molecule has 1 amide bonds. The monoisotopic (exact) mass is 224 g/mol. The predicted octanol–water partition coefficient (Wildman–Crippen LogP) is 1.62. The van der Waals surface area contributed by atoms with Crippen LogP contribution in [0.1, 0.15) is 24.3 Å². The average molecular weight is 224 g/mol. The van der Waals surface area contributed by atoms with Crippen molar-refractivity contribution in [3.63, 3.8) is 0 Å². The van der Waals surface area contributed by atoms with E-state index in [4.69, 9.17) is 5.73 Å². The lowest BCUT2D eigenvalue weighted by atomic mass is 10.2. The highest BCUT2D eigenvalue weighted by Gasteiger charge is 2.28. The molecule has 1 saturated heterocycles. The molecule has 2 atom stereocenters. The maximum Gasteiger partial charge on any atom is 0.244 e. The van der Waals surface area contributed by atoms with Gasteiger partial charge in [0.25, 0.3) is 0 Å². The maximum atomic E-state index is 12.0. The smallest absolute Gasteiger partial charge is 0.244 e. The van der Waals surface area contributed by atoms with Crippen LogP contribution in [0.25, 0.3) is 0 Å². The minimum Gasteiger partial charge on any atom is -0.341 e. The van der Waals surface area contributed by atoms with Crippen molar-refractivity contribution >= 4 is 17.2 Å². The van der Waals surface area contributed by atoms with Crippen molar-refractivity contribution in [2.75, 3.05) is 13.1 Å². The van der Waals surface area contributed by atoms with Gasteiger partial charge in [0.05, 0.1) is 0 Å². The largest absolute Gasteiger partial charge is 0.341 e. The first kappa shape index (κ1) is 10.6. The molecule has 1 aliphatic rings. The van der Waals surface area contributed by atoms with Gasteiger partial charge in [0.15, 0.2) is 0 Å². The summed E-state index contributed by atoms with van der Waals surface area (Å²) in [7, 11) is 0. The number of carbonyl (C=O) groups is 1. The molecule has 2 heterocycles. The second-order valence-corrected chi connectivity index (χ2v) is 5.15. The van der Waals surface area contributed by atoms with Crippen LogP contribution >= 0.6 is 11.3 Å². The van der Waals surface area contributed by atoms with Gasteiger partial charge in [-0.1, -0.05) is 13.0 Å². The summed E-state index contributed by atoms with van der Waals surface area (Å²) in [5, 5.41) is 1.95. The van der Waals surface area contributed by atoms with Gasteiger partial charge < -0.3 is 10.6 Å². The molecule has 4 heteroatoms. The van der Waals surface area contributed by atoms with Gasteiger partial charge in [-0.05, 0) is 23.8 Å². The van der Waals surface area contributed by atoms with E-state index in [9.17, 15) is 4.79 Å². The Balaban J connectivity index is 2.02. The summed E-state index contributed by atoms with van der Waals surface area (Å²) in [5.74, 6) is 0.686. The Labute approximate surface area is 93.9 Å². The summed E-state index contributed by atoms with van der Waals surface area (Å²) in [4.78, 5) is 14.8. The van der Waals surface area contributed by atoms with E-state index in [2.05, 4.69) is 6.92 Å². The molecule has 1 fully saturated rings. The van der Waals surface area contributed by atoms with Crippen molar-refractivity contribution in [3.05, 3.63) is 22.4 Å². The lowest BCUT2D eigenvalue weighted by molar-refractivity contribution is -0.131. The van der Waals surface area contributed by atoms with E-state index in [0.29, 0.717) is 5.92 Å². The standard InChI is InChI=1S/C11H16N2OS/c1-8-4-5-13(7-8)11(14)10(12)9-3-2-6-15-9/h2-3,6,8,10H,4-5,7,12H2,1H3. The number of hydrogen-bond donors (Lipinski definition) is 1. The van der Waals surface area contributed by atoms with E-state index >= 15 is 0 Å². The summed E-state index contributed by atoms with van der Waals surface area (Å²) in [6, 6.07) is 3.39. The van der Waals surface area contributed by atoms with Crippen LogP contribution < -0.4 is 5.73 Å². The van der Waals surface area contributed by atoms with Gasteiger partial charge in [-0.2, -0.15) is 0 Å². The van der Waals surface area contributed by atoms with Crippen LogP contribution in [0.2, 0.25) is 0 Å². The topological polar surface area (TPSA) is 46.3 Å². The Hall–Kier alpha value is -0.870. The van der Waals surface area contributed by atoms with E-state index in [1.807, 2.05) is 22.4 Å². The molecule has 1 aromatic rings. The summed E-state index contributed by atoms with van der Waals surface area (Å²) in [5.41, 5.74) is 5.93. The lowest BCUT2D eigenvalue weighted by Crippen LogP contribution is -2.36. The molecule has 3 nitrogen and oxygen atoms in total. The molecule has 1 aromatic heterocycles. The number of thiophene rings is 1. The number of nitrogens with zero attached hydrogens (tertiary/aromatic N) is 1. The lowest BCUT2D eigenvalue weighted by Gasteiger charge is -2.19. The third-order valence-electron chi connectivity index (χ3n) is 2.85. The van der Waals surface area contributed by atoms with Crippen LogP contribution in [-0.4, -0.2) is 23.9 Å². The van der Waals surface area contributed by atoms with E-state index in [1.165, 1.54) is 0 Å². The highest BCUT2D eigenvalue weighted by Crippen LogP contribution is 2.22. The van der Waals surface area contributed by atoms with Gasteiger partial charge in [0, 0.05) is 18.0 Å². The Kier molecular flexibility index (Phi) is 3.07. The van der Waals surface area contributed by atoms with Gasteiger partial charge in [-0.3, -0.25) is 4.79 Å². The summed E-state index contributed by atoms with van der Waals surface area (Å²) in [6.45, 7) is 3.89. The molecule has 82 valence electrons. The predicted molar refractivity (Wildman–Crippen MR) is 61.6 cm³/mol. The molecule has 0 spiro atoms. The first-order valence-electron chi connectivity index (χ1n) is 5.26. The van der Waals surface area contributed by atoms with Crippen LogP contribution in [0.4, 0.5) is 0 Å². The number of amides is 1. The fourth-order valence-electron chi connectivity index (χ4n) is 1.92. The normalized spacial score (nSPS) is 23.1. The molecule has 2 N–H and O–H groups in total. The molecule has 0 bridgehead atoms. The Morgan fingerprint density at radius 3 is 3.07 bits per heavy atom. The number of carbonyl (C=O) groups excluding carboxylic acids is 1. The molecular formula is C11H16N2OS. The van der Waals surface area contributed by atoms with Crippen LogP contribution in [-0.2, 0) is 4.79 Å². The van der Waals surface area contributed by atoms with Crippen molar-refractivity contribution in [2.24, 2.45) is 11.7 Å². The third-order valence-corrected chi connectivity index (χ3v) is 3.81. The zero-order chi connectivity index (χ0) is 10.8. The van der Waals surface area contributed by atoms with Gasteiger partial charge in [0.1, 0.15) is 6.04 Å². The van der Waals surface area contributed by atoms with Crippen molar-refractivity contribution in [2.45, 2.75) is 19.4 Å². The van der Waals surface area contributed by atoms with E-state index < -0.39 is 6.04 Å².